The number of ether oxygens (including phenoxy) is 3. The second-order valence-electron chi connectivity index (χ2n) is 7.58. The number of hydrogen-bond donors (Lipinski definition) is 0. The van der Waals surface area contributed by atoms with Crippen LogP contribution in [0.5, 0.6) is 11.5 Å². The summed E-state index contributed by atoms with van der Waals surface area (Å²) in [5.41, 5.74) is -0.248. The average Bonchev–Trinajstić information content (AvgIpc) is 3.31. The Morgan fingerprint density at radius 3 is 2.53 bits per heavy atom. The number of Topliss-reactive ketones (excluding diaryl/α,β-unsaturated/α-hetero) is 1. The van der Waals surface area contributed by atoms with Crippen molar-refractivity contribution in [1.29, 1.82) is 0 Å². The molecule has 1 fully saturated rings. The van der Waals surface area contributed by atoms with Crippen LogP contribution >= 0.6 is 15.9 Å². The largest absolute Gasteiger partial charge is 0.493 e. The zero-order valence-corrected chi connectivity index (χ0v) is 19.4. The fourth-order valence-corrected chi connectivity index (χ4v) is 4.35. The molecule has 0 bridgehead atoms. The predicted molar refractivity (Wildman–Crippen MR) is 123 cm³/mol. The van der Waals surface area contributed by atoms with Crippen LogP contribution in [0.3, 0.4) is 0 Å². The molecule has 1 aliphatic rings. The van der Waals surface area contributed by atoms with E-state index in [1.54, 1.807) is 30.3 Å². The van der Waals surface area contributed by atoms with Gasteiger partial charge in [0, 0.05) is 22.7 Å². The van der Waals surface area contributed by atoms with Crippen molar-refractivity contribution in [3.05, 3.63) is 67.3 Å². The van der Waals surface area contributed by atoms with Gasteiger partial charge in [-0.15, -0.1) is 0 Å². The number of benzene rings is 2. The van der Waals surface area contributed by atoms with Crippen molar-refractivity contribution in [3.63, 3.8) is 0 Å². The van der Waals surface area contributed by atoms with Crippen LogP contribution < -0.4 is 20.7 Å². The van der Waals surface area contributed by atoms with E-state index in [0.717, 1.165) is 21.9 Å². The summed E-state index contributed by atoms with van der Waals surface area (Å²) in [4.78, 5) is 39.7. The van der Waals surface area contributed by atoms with Gasteiger partial charge in [0.15, 0.2) is 17.3 Å². The smallest absolute Gasteiger partial charge is 0.331 e. The molecule has 1 aromatic heterocycles. The zero-order valence-electron chi connectivity index (χ0n) is 17.8. The Morgan fingerprint density at radius 1 is 1.12 bits per heavy atom. The molecular weight excluding hydrogens is 480 g/mol. The third kappa shape index (κ3) is 4.22. The number of hydrogen-bond acceptors (Lipinski definition) is 6. The number of halogens is 1. The van der Waals surface area contributed by atoms with Crippen molar-refractivity contribution < 1.29 is 19.0 Å². The fourth-order valence-electron chi connectivity index (χ4n) is 3.95. The number of carbonyl (C=O) groups excluding carboxylic acids is 1. The number of nitrogens with zero attached hydrogens (tertiary/aromatic N) is 2. The van der Waals surface area contributed by atoms with Gasteiger partial charge in [-0.3, -0.25) is 18.7 Å². The van der Waals surface area contributed by atoms with Crippen molar-refractivity contribution in [3.8, 4) is 11.5 Å². The lowest BCUT2D eigenvalue weighted by molar-refractivity contribution is 0.0939. The van der Waals surface area contributed by atoms with E-state index in [1.165, 1.54) is 18.8 Å². The molecule has 0 aliphatic carbocycles. The van der Waals surface area contributed by atoms with E-state index >= 15 is 0 Å². The molecule has 32 heavy (non-hydrogen) atoms. The lowest BCUT2D eigenvalue weighted by Crippen LogP contribution is -2.43. The minimum absolute atomic E-state index is 0.132. The van der Waals surface area contributed by atoms with Crippen LogP contribution in [0, 0.1) is 0 Å². The van der Waals surface area contributed by atoms with E-state index < -0.39 is 11.2 Å². The first-order chi connectivity index (χ1) is 15.4. The summed E-state index contributed by atoms with van der Waals surface area (Å²) in [6.07, 6.45) is 1.44. The molecule has 4 rings (SSSR count). The van der Waals surface area contributed by atoms with Crippen molar-refractivity contribution in [2.24, 2.45) is 0 Å². The minimum Gasteiger partial charge on any atom is -0.493 e. The molecule has 1 saturated heterocycles. The van der Waals surface area contributed by atoms with Gasteiger partial charge in [-0.05, 0) is 31.0 Å². The van der Waals surface area contributed by atoms with Gasteiger partial charge in [-0.25, -0.2) is 4.79 Å². The zero-order chi connectivity index (χ0) is 22.8. The van der Waals surface area contributed by atoms with Crippen LogP contribution in [0.1, 0.15) is 23.2 Å². The third-order valence-corrected chi connectivity index (χ3v) is 6.08. The van der Waals surface area contributed by atoms with Gasteiger partial charge in [0.05, 0.1) is 44.3 Å². The Bertz CT molecular complexity index is 1290. The second kappa shape index (κ2) is 9.30. The maximum atomic E-state index is 13.4. The number of rotatable bonds is 7. The number of fused-ring (bicyclic) bond motifs is 1. The molecule has 0 amide bonds. The number of aromatic nitrogens is 2. The maximum Gasteiger partial charge on any atom is 0.331 e. The van der Waals surface area contributed by atoms with Crippen LogP contribution in [0.15, 0.2) is 50.5 Å². The van der Waals surface area contributed by atoms with E-state index in [2.05, 4.69) is 15.9 Å². The highest BCUT2D eigenvalue weighted by Gasteiger charge is 2.23. The van der Waals surface area contributed by atoms with E-state index in [-0.39, 0.29) is 30.4 Å². The average molecular weight is 503 g/mol. The lowest BCUT2D eigenvalue weighted by atomic mass is 10.1. The lowest BCUT2D eigenvalue weighted by Gasteiger charge is -2.17. The van der Waals surface area contributed by atoms with Gasteiger partial charge in [0.25, 0.3) is 5.56 Å². The van der Waals surface area contributed by atoms with Gasteiger partial charge in [0.1, 0.15) is 0 Å². The highest BCUT2D eigenvalue weighted by Crippen LogP contribution is 2.30. The van der Waals surface area contributed by atoms with Gasteiger partial charge in [-0.1, -0.05) is 28.1 Å². The van der Waals surface area contributed by atoms with E-state index in [9.17, 15) is 14.4 Å². The van der Waals surface area contributed by atoms with Gasteiger partial charge < -0.3 is 14.2 Å². The highest BCUT2D eigenvalue weighted by atomic mass is 79.9. The monoisotopic (exact) mass is 502 g/mol. The predicted octanol–water partition coefficient (Wildman–Crippen LogP) is 3.00. The Balaban J connectivity index is 1.90. The molecule has 0 N–H and O–H groups in total. The third-order valence-electron chi connectivity index (χ3n) is 5.59. The molecular formula is C23H23BrN2O6. The molecule has 0 radical (unpaired) electrons. The Hall–Kier alpha value is -2.91. The molecule has 1 atom stereocenters. The molecule has 168 valence electrons. The van der Waals surface area contributed by atoms with Crippen LogP contribution in [-0.2, 0) is 17.8 Å². The summed E-state index contributed by atoms with van der Waals surface area (Å²) in [6, 6.07) is 10.1. The van der Waals surface area contributed by atoms with Gasteiger partial charge >= 0.3 is 5.69 Å². The number of ketones is 1. The normalized spacial score (nSPS) is 15.8. The summed E-state index contributed by atoms with van der Waals surface area (Å²) in [7, 11) is 2.94. The van der Waals surface area contributed by atoms with Crippen molar-refractivity contribution >= 4 is 32.6 Å². The molecule has 8 nitrogen and oxygen atoms in total. The standard InChI is InChI=1S/C23H23BrN2O6/c1-30-20-10-17-18(11-21(20)31-2)25(13-19(27)14-5-3-6-15(24)9-14)23(29)26(22(17)28)12-16-7-4-8-32-16/h3,5-6,9-11,16H,4,7-8,12-13H2,1-2H3/t16-/m0/s1. The van der Waals surface area contributed by atoms with E-state index in [1.807, 2.05) is 6.07 Å². The summed E-state index contributed by atoms with van der Waals surface area (Å²) < 4.78 is 19.6. The molecule has 2 heterocycles. The number of methoxy groups -OCH3 is 2. The first-order valence-corrected chi connectivity index (χ1v) is 11.0. The van der Waals surface area contributed by atoms with E-state index in [4.69, 9.17) is 14.2 Å². The van der Waals surface area contributed by atoms with Crippen molar-refractivity contribution in [2.75, 3.05) is 20.8 Å². The van der Waals surface area contributed by atoms with Crippen molar-refractivity contribution in [2.45, 2.75) is 32.0 Å². The SMILES string of the molecule is COc1cc2c(=O)n(C[C@@H]3CCCO3)c(=O)n(CC(=O)c3cccc(Br)c3)c2cc1OC. The first kappa shape index (κ1) is 22.3. The fraction of sp³-hybridized carbons (Fsp3) is 0.348. The molecule has 0 spiro atoms. The van der Waals surface area contributed by atoms with Crippen LogP contribution in [-0.4, -0.2) is 41.8 Å². The van der Waals surface area contributed by atoms with E-state index in [0.29, 0.717) is 29.2 Å². The van der Waals surface area contributed by atoms with Gasteiger partial charge in [0.2, 0.25) is 0 Å². The van der Waals surface area contributed by atoms with Crippen LogP contribution in [0.2, 0.25) is 0 Å². The number of carbonyl (C=O) groups is 1. The Morgan fingerprint density at radius 2 is 1.88 bits per heavy atom. The van der Waals surface area contributed by atoms with Gasteiger partial charge in [-0.2, -0.15) is 0 Å². The molecule has 1 aliphatic heterocycles. The molecule has 2 aromatic carbocycles. The molecule has 3 aromatic rings. The summed E-state index contributed by atoms with van der Waals surface area (Å²) in [5.74, 6) is 0.468. The van der Waals surface area contributed by atoms with Crippen molar-refractivity contribution in [1.82, 2.24) is 9.13 Å². The Kier molecular flexibility index (Phi) is 6.48. The van der Waals surface area contributed by atoms with Crippen LogP contribution in [0.4, 0.5) is 0 Å². The summed E-state index contributed by atoms with van der Waals surface area (Å²) >= 11 is 3.36. The quantitative estimate of drug-likeness (QED) is 0.461. The summed E-state index contributed by atoms with van der Waals surface area (Å²) in [6.45, 7) is 0.508. The molecule has 0 unspecified atom stereocenters. The maximum absolute atomic E-state index is 13.4. The second-order valence-corrected chi connectivity index (χ2v) is 8.49. The van der Waals surface area contributed by atoms with Crippen LogP contribution in [0.25, 0.3) is 10.9 Å². The minimum atomic E-state index is -0.562. The topological polar surface area (TPSA) is 88.8 Å². The Labute approximate surface area is 192 Å². The molecule has 0 saturated carbocycles. The summed E-state index contributed by atoms with van der Waals surface area (Å²) in [5, 5.41) is 0.266. The first-order valence-electron chi connectivity index (χ1n) is 10.2. The highest BCUT2D eigenvalue weighted by molar-refractivity contribution is 9.10. The molecule has 9 heteroatoms.